The average Bonchev–Trinajstić information content (AvgIpc) is 1.99. The third kappa shape index (κ3) is 7.68. The minimum absolute atomic E-state index is 0.173. The van der Waals surface area contributed by atoms with E-state index in [1.807, 2.05) is 6.26 Å². The summed E-state index contributed by atoms with van der Waals surface area (Å²) in [5.74, 6) is 0.855. The van der Waals surface area contributed by atoms with Crippen molar-refractivity contribution < 1.29 is 9.53 Å². The van der Waals surface area contributed by atoms with Crippen LogP contribution in [0.3, 0.4) is 0 Å². The van der Waals surface area contributed by atoms with Gasteiger partial charge in [-0.05, 0) is 13.2 Å². The van der Waals surface area contributed by atoms with Crippen LogP contribution in [-0.2, 0) is 9.53 Å². The van der Waals surface area contributed by atoms with Crippen molar-refractivity contribution >= 4 is 17.7 Å². The summed E-state index contributed by atoms with van der Waals surface area (Å²) >= 11 is 1.75. The molecule has 0 aromatic rings. The number of hydrogen-bond donors (Lipinski definition) is 1. The Hall–Kier alpha value is -0.220. The molecule has 0 spiro atoms. The van der Waals surface area contributed by atoms with E-state index in [2.05, 4.69) is 5.32 Å². The molecule has 3 nitrogen and oxygen atoms in total. The van der Waals surface area contributed by atoms with Crippen LogP contribution >= 0.6 is 11.8 Å². The second-order valence-electron chi connectivity index (χ2n) is 1.97. The van der Waals surface area contributed by atoms with Crippen LogP contribution < -0.4 is 5.32 Å². The maximum Gasteiger partial charge on any atom is 0.319 e. The number of thioether (sulfide) groups is 1. The fourth-order valence-electron chi connectivity index (χ4n) is 0.577. The van der Waals surface area contributed by atoms with Gasteiger partial charge >= 0.3 is 5.97 Å². The molecule has 0 saturated carbocycles. The smallest absolute Gasteiger partial charge is 0.319 e. The van der Waals surface area contributed by atoms with Gasteiger partial charge in [-0.25, -0.2) is 0 Å². The lowest BCUT2D eigenvalue weighted by molar-refractivity contribution is -0.141. The molecule has 11 heavy (non-hydrogen) atoms. The first-order valence-corrected chi connectivity index (χ1v) is 5.06. The summed E-state index contributed by atoms with van der Waals surface area (Å²) < 4.78 is 4.71. The van der Waals surface area contributed by atoms with Crippen molar-refractivity contribution in [2.45, 2.75) is 6.92 Å². The predicted molar refractivity (Wildman–Crippen MR) is 47.9 cm³/mol. The molecule has 0 radical (unpaired) electrons. The molecule has 0 heterocycles. The number of ether oxygens (including phenoxy) is 1. The van der Waals surface area contributed by atoms with Crippen LogP contribution in [0.5, 0.6) is 0 Å². The predicted octanol–water partition coefficient (Wildman–Crippen LogP) is 0.502. The topological polar surface area (TPSA) is 38.3 Å². The second-order valence-corrected chi connectivity index (χ2v) is 2.96. The lowest BCUT2D eigenvalue weighted by atomic mass is 10.6. The second kappa shape index (κ2) is 7.88. The fraction of sp³-hybridized carbons (Fsp3) is 0.857. The lowest BCUT2D eigenvalue weighted by Gasteiger charge is -2.02. The van der Waals surface area contributed by atoms with Crippen molar-refractivity contribution in [3.8, 4) is 0 Å². The van der Waals surface area contributed by atoms with Gasteiger partial charge < -0.3 is 10.1 Å². The van der Waals surface area contributed by atoms with Crippen molar-refractivity contribution in [1.82, 2.24) is 5.32 Å². The highest BCUT2D eigenvalue weighted by Crippen LogP contribution is 1.86. The molecule has 0 rings (SSSR count). The molecule has 0 amide bonds. The number of esters is 1. The summed E-state index contributed by atoms with van der Waals surface area (Å²) in [6.45, 7) is 3.46. The normalized spacial score (nSPS) is 9.64. The quantitative estimate of drug-likeness (QED) is 0.474. The van der Waals surface area contributed by atoms with Gasteiger partial charge in [0.25, 0.3) is 0 Å². The van der Waals surface area contributed by atoms with Crippen LogP contribution in [0, 0.1) is 0 Å². The van der Waals surface area contributed by atoms with E-state index >= 15 is 0 Å². The van der Waals surface area contributed by atoms with Crippen molar-refractivity contribution in [3.05, 3.63) is 0 Å². The van der Waals surface area contributed by atoms with Crippen LogP contribution in [0.15, 0.2) is 0 Å². The van der Waals surface area contributed by atoms with E-state index in [1.165, 1.54) is 0 Å². The standard InChI is InChI=1S/C7H15NO2S/c1-3-10-7(9)6-8-4-5-11-2/h8H,3-6H2,1-2H3. The zero-order valence-electron chi connectivity index (χ0n) is 7.05. The highest BCUT2D eigenvalue weighted by molar-refractivity contribution is 7.98. The van der Waals surface area contributed by atoms with Gasteiger partial charge in [-0.3, -0.25) is 4.79 Å². The molecule has 0 aliphatic rings. The number of carbonyl (C=O) groups is 1. The Balaban J connectivity index is 3.04. The molecule has 0 bridgehead atoms. The molecule has 0 aliphatic heterocycles. The molecular formula is C7H15NO2S. The van der Waals surface area contributed by atoms with Crippen molar-refractivity contribution in [1.29, 1.82) is 0 Å². The summed E-state index contributed by atoms with van der Waals surface area (Å²) in [7, 11) is 0. The van der Waals surface area contributed by atoms with Crippen molar-refractivity contribution in [2.75, 3.05) is 31.7 Å². The number of nitrogens with one attached hydrogen (secondary N) is 1. The fourth-order valence-corrected chi connectivity index (χ4v) is 0.925. The van der Waals surface area contributed by atoms with Gasteiger partial charge in [0.05, 0.1) is 13.2 Å². The van der Waals surface area contributed by atoms with E-state index in [1.54, 1.807) is 18.7 Å². The number of carbonyl (C=O) groups excluding carboxylic acids is 1. The maximum atomic E-state index is 10.7. The molecule has 0 aromatic carbocycles. The van der Waals surface area contributed by atoms with Crippen LogP contribution in [-0.4, -0.2) is 37.7 Å². The largest absolute Gasteiger partial charge is 0.465 e. The molecule has 0 saturated heterocycles. The van der Waals surface area contributed by atoms with E-state index in [9.17, 15) is 4.79 Å². The molecular weight excluding hydrogens is 162 g/mol. The maximum absolute atomic E-state index is 10.7. The third-order valence-corrected chi connectivity index (χ3v) is 1.67. The Morgan fingerprint density at radius 1 is 1.64 bits per heavy atom. The molecule has 0 atom stereocenters. The Labute approximate surface area is 71.9 Å². The van der Waals surface area contributed by atoms with Gasteiger partial charge in [0.2, 0.25) is 0 Å². The minimum Gasteiger partial charge on any atom is -0.465 e. The first-order valence-electron chi connectivity index (χ1n) is 3.66. The van der Waals surface area contributed by atoms with E-state index in [0.29, 0.717) is 13.2 Å². The zero-order valence-corrected chi connectivity index (χ0v) is 7.87. The zero-order chi connectivity index (χ0) is 8.53. The first-order chi connectivity index (χ1) is 5.31. The minimum atomic E-state index is -0.173. The summed E-state index contributed by atoms with van der Waals surface area (Å²) in [6.07, 6.45) is 2.03. The van der Waals surface area contributed by atoms with Crippen LogP contribution in [0.4, 0.5) is 0 Å². The van der Waals surface area contributed by atoms with Gasteiger partial charge in [0, 0.05) is 12.3 Å². The van der Waals surface area contributed by atoms with Gasteiger partial charge in [0.15, 0.2) is 0 Å². The van der Waals surface area contributed by atoms with Crippen molar-refractivity contribution in [3.63, 3.8) is 0 Å². The third-order valence-electron chi connectivity index (χ3n) is 1.06. The van der Waals surface area contributed by atoms with Crippen LogP contribution in [0.2, 0.25) is 0 Å². The van der Waals surface area contributed by atoms with Gasteiger partial charge in [-0.2, -0.15) is 11.8 Å². The molecule has 0 aliphatic carbocycles. The number of rotatable bonds is 6. The SMILES string of the molecule is CCOC(=O)CNCCSC. The van der Waals surface area contributed by atoms with Crippen LogP contribution in [0.25, 0.3) is 0 Å². The highest BCUT2D eigenvalue weighted by atomic mass is 32.2. The summed E-state index contributed by atoms with van der Waals surface area (Å²) in [6, 6.07) is 0. The Bertz CT molecular complexity index is 109. The van der Waals surface area contributed by atoms with Crippen molar-refractivity contribution in [2.24, 2.45) is 0 Å². The van der Waals surface area contributed by atoms with Crippen LogP contribution in [0.1, 0.15) is 6.92 Å². The van der Waals surface area contributed by atoms with Gasteiger partial charge in [-0.1, -0.05) is 0 Å². The summed E-state index contributed by atoms with van der Waals surface area (Å²) in [5.41, 5.74) is 0. The highest BCUT2D eigenvalue weighted by Gasteiger charge is 1.98. The summed E-state index contributed by atoms with van der Waals surface area (Å²) in [4.78, 5) is 10.7. The molecule has 66 valence electrons. The van der Waals surface area contributed by atoms with E-state index < -0.39 is 0 Å². The van der Waals surface area contributed by atoms with E-state index in [0.717, 1.165) is 12.3 Å². The Morgan fingerprint density at radius 2 is 2.36 bits per heavy atom. The molecule has 4 heteroatoms. The van der Waals surface area contributed by atoms with Gasteiger partial charge in [0.1, 0.15) is 0 Å². The Kier molecular flexibility index (Phi) is 7.72. The van der Waals surface area contributed by atoms with E-state index in [-0.39, 0.29) is 5.97 Å². The number of hydrogen-bond acceptors (Lipinski definition) is 4. The molecule has 0 aromatic heterocycles. The Morgan fingerprint density at radius 3 is 2.91 bits per heavy atom. The molecule has 0 fully saturated rings. The molecule has 1 N–H and O–H groups in total. The molecule has 0 unspecified atom stereocenters. The first kappa shape index (κ1) is 10.8. The van der Waals surface area contributed by atoms with Gasteiger partial charge in [-0.15, -0.1) is 0 Å². The lowest BCUT2D eigenvalue weighted by Crippen LogP contribution is -2.26. The van der Waals surface area contributed by atoms with E-state index in [4.69, 9.17) is 4.74 Å². The monoisotopic (exact) mass is 177 g/mol. The summed E-state index contributed by atoms with van der Waals surface area (Å²) in [5, 5.41) is 2.98. The average molecular weight is 177 g/mol.